The molecule has 0 aliphatic carbocycles. The molecule has 1 atom stereocenters. The van der Waals surface area contributed by atoms with Gasteiger partial charge in [0.25, 0.3) is 0 Å². The molecule has 0 bridgehead atoms. The number of nitrogen functional groups attached to an aromatic ring is 1. The van der Waals surface area contributed by atoms with Gasteiger partial charge in [0.05, 0.1) is 17.9 Å². The molecule has 0 aromatic heterocycles. The van der Waals surface area contributed by atoms with Crippen LogP contribution in [-0.2, 0) is 10.0 Å². The van der Waals surface area contributed by atoms with Gasteiger partial charge in [-0.25, -0.2) is 17.5 Å². The van der Waals surface area contributed by atoms with Crippen LogP contribution in [0, 0.1) is 5.82 Å². The molecule has 1 unspecified atom stereocenters. The summed E-state index contributed by atoms with van der Waals surface area (Å²) in [6.07, 6.45) is 0. The molecule has 0 saturated carbocycles. The third-order valence-electron chi connectivity index (χ3n) is 2.25. The van der Waals surface area contributed by atoms with Crippen molar-refractivity contribution in [3.63, 3.8) is 0 Å². The summed E-state index contributed by atoms with van der Waals surface area (Å²) in [6, 6.07) is 2.88. The van der Waals surface area contributed by atoms with Crippen molar-refractivity contribution in [1.82, 2.24) is 4.72 Å². The zero-order chi connectivity index (χ0) is 14.0. The van der Waals surface area contributed by atoms with Crippen LogP contribution in [0.2, 0.25) is 0 Å². The topological polar surface area (TPSA) is 113 Å². The number of nitrogens with two attached hydrogens (primary N) is 1. The Balaban J connectivity index is 2.94. The van der Waals surface area contributed by atoms with Crippen LogP contribution in [0.15, 0.2) is 23.1 Å². The van der Waals surface area contributed by atoms with E-state index in [1.54, 1.807) is 0 Å². The second-order valence-corrected chi connectivity index (χ2v) is 5.90. The molecule has 1 aromatic carbocycles. The van der Waals surface area contributed by atoms with Crippen molar-refractivity contribution >= 4 is 15.7 Å². The van der Waals surface area contributed by atoms with Gasteiger partial charge in [-0.2, -0.15) is 0 Å². The maximum atomic E-state index is 12.8. The third kappa shape index (κ3) is 3.64. The van der Waals surface area contributed by atoms with E-state index in [1.807, 2.05) is 0 Å². The number of anilines is 1. The van der Waals surface area contributed by atoms with Crippen molar-refractivity contribution in [2.24, 2.45) is 0 Å². The number of hydrogen-bond acceptors (Lipinski definition) is 5. The Hall–Kier alpha value is -1.22. The lowest BCUT2D eigenvalue weighted by molar-refractivity contribution is 0.00681. The summed E-state index contributed by atoms with van der Waals surface area (Å²) in [7, 11) is -3.96. The summed E-state index contributed by atoms with van der Waals surface area (Å²) >= 11 is 0. The van der Waals surface area contributed by atoms with Crippen molar-refractivity contribution in [3.05, 3.63) is 24.0 Å². The summed E-state index contributed by atoms with van der Waals surface area (Å²) in [5.41, 5.74) is 3.60. The van der Waals surface area contributed by atoms with Crippen LogP contribution in [0.5, 0.6) is 0 Å². The highest BCUT2D eigenvalue weighted by Crippen LogP contribution is 2.19. The smallest absolute Gasteiger partial charge is 0.242 e. The van der Waals surface area contributed by atoms with E-state index in [1.165, 1.54) is 6.92 Å². The second-order valence-electron chi connectivity index (χ2n) is 4.16. The van der Waals surface area contributed by atoms with Crippen LogP contribution in [0.4, 0.5) is 10.1 Å². The lowest BCUT2D eigenvalue weighted by Crippen LogP contribution is -2.43. The summed E-state index contributed by atoms with van der Waals surface area (Å²) in [5, 5.41) is 18.3. The van der Waals surface area contributed by atoms with Gasteiger partial charge >= 0.3 is 0 Å². The highest BCUT2D eigenvalue weighted by Gasteiger charge is 2.24. The standard InChI is InChI=1S/C10H15FN2O4S/c1-10(15,6-14)5-13-18(16,17)9-3-2-7(11)4-8(9)12/h2-4,13-15H,5-6,12H2,1H3. The number of sulfonamides is 1. The van der Waals surface area contributed by atoms with Gasteiger partial charge in [-0.05, 0) is 25.1 Å². The molecule has 0 aliphatic heterocycles. The lowest BCUT2D eigenvalue weighted by atomic mass is 10.1. The summed E-state index contributed by atoms with van der Waals surface area (Å²) in [4.78, 5) is -0.280. The Morgan fingerprint density at radius 1 is 1.50 bits per heavy atom. The normalized spacial score (nSPS) is 15.3. The number of halogens is 1. The van der Waals surface area contributed by atoms with E-state index in [2.05, 4.69) is 4.72 Å². The molecule has 5 N–H and O–H groups in total. The third-order valence-corrected chi connectivity index (χ3v) is 3.72. The van der Waals surface area contributed by atoms with Gasteiger partial charge in [-0.15, -0.1) is 0 Å². The van der Waals surface area contributed by atoms with E-state index in [0.29, 0.717) is 0 Å². The molecule has 0 radical (unpaired) electrons. The SMILES string of the molecule is CC(O)(CO)CNS(=O)(=O)c1ccc(F)cc1N. The van der Waals surface area contributed by atoms with Gasteiger partial charge in [0, 0.05) is 6.54 Å². The number of rotatable bonds is 5. The van der Waals surface area contributed by atoms with E-state index in [-0.39, 0.29) is 17.1 Å². The maximum absolute atomic E-state index is 12.8. The molecule has 8 heteroatoms. The minimum Gasteiger partial charge on any atom is -0.398 e. The maximum Gasteiger partial charge on any atom is 0.242 e. The van der Waals surface area contributed by atoms with Crippen molar-refractivity contribution < 1.29 is 23.0 Å². The Bertz CT molecular complexity index is 531. The number of benzene rings is 1. The largest absolute Gasteiger partial charge is 0.398 e. The van der Waals surface area contributed by atoms with Crippen LogP contribution in [-0.4, -0.2) is 37.4 Å². The molecular formula is C10H15FN2O4S. The van der Waals surface area contributed by atoms with E-state index in [0.717, 1.165) is 18.2 Å². The first-order valence-corrected chi connectivity index (χ1v) is 6.54. The molecule has 6 nitrogen and oxygen atoms in total. The summed E-state index contributed by atoms with van der Waals surface area (Å²) in [6.45, 7) is 0.278. The molecule has 0 heterocycles. The average Bonchev–Trinajstić information content (AvgIpc) is 2.26. The molecule has 18 heavy (non-hydrogen) atoms. The van der Waals surface area contributed by atoms with E-state index in [4.69, 9.17) is 10.8 Å². The van der Waals surface area contributed by atoms with Crippen LogP contribution in [0.25, 0.3) is 0 Å². The first kappa shape index (κ1) is 14.8. The molecule has 0 saturated heterocycles. The molecule has 0 amide bonds. The number of nitrogens with one attached hydrogen (secondary N) is 1. The fourth-order valence-electron chi connectivity index (χ4n) is 1.15. The van der Waals surface area contributed by atoms with Crippen LogP contribution in [0.1, 0.15) is 6.92 Å². The van der Waals surface area contributed by atoms with Crippen molar-refractivity contribution in [2.75, 3.05) is 18.9 Å². The predicted octanol–water partition coefficient (Wildman–Crippen LogP) is -0.571. The van der Waals surface area contributed by atoms with E-state index >= 15 is 0 Å². The quantitative estimate of drug-likeness (QED) is 0.539. The Morgan fingerprint density at radius 2 is 2.11 bits per heavy atom. The Morgan fingerprint density at radius 3 is 2.61 bits per heavy atom. The van der Waals surface area contributed by atoms with Gasteiger partial charge in [0.15, 0.2) is 0 Å². The zero-order valence-electron chi connectivity index (χ0n) is 9.72. The Kier molecular flexibility index (Phi) is 4.28. The predicted molar refractivity (Wildman–Crippen MR) is 63.7 cm³/mol. The molecular weight excluding hydrogens is 263 g/mol. The summed E-state index contributed by atoms with van der Waals surface area (Å²) in [5.74, 6) is -0.645. The van der Waals surface area contributed by atoms with Crippen molar-refractivity contribution in [1.29, 1.82) is 0 Å². The van der Waals surface area contributed by atoms with Gasteiger partial charge in [0.2, 0.25) is 10.0 Å². The lowest BCUT2D eigenvalue weighted by Gasteiger charge is -2.20. The van der Waals surface area contributed by atoms with Gasteiger partial charge in [0.1, 0.15) is 10.7 Å². The first-order valence-electron chi connectivity index (χ1n) is 5.06. The van der Waals surface area contributed by atoms with E-state index < -0.39 is 28.0 Å². The second kappa shape index (κ2) is 5.19. The molecule has 0 aliphatic rings. The fraction of sp³-hybridized carbons (Fsp3) is 0.400. The van der Waals surface area contributed by atoms with Gasteiger partial charge < -0.3 is 15.9 Å². The minimum atomic E-state index is -3.96. The zero-order valence-corrected chi connectivity index (χ0v) is 10.5. The minimum absolute atomic E-state index is 0.230. The average molecular weight is 278 g/mol. The van der Waals surface area contributed by atoms with Gasteiger partial charge in [-0.3, -0.25) is 0 Å². The Labute approximate surface area is 104 Å². The monoisotopic (exact) mass is 278 g/mol. The van der Waals surface area contributed by atoms with Crippen molar-refractivity contribution in [3.8, 4) is 0 Å². The molecule has 1 aromatic rings. The number of hydrogen-bond donors (Lipinski definition) is 4. The summed E-state index contributed by atoms with van der Waals surface area (Å²) < 4.78 is 38.5. The van der Waals surface area contributed by atoms with Crippen LogP contribution < -0.4 is 10.5 Å². The van der Waals surface area contributed by atoms with Gasteiger partial charge in [-0.1, -0.05) is 0 Å². The first-order chi connectivity index (χ1) is 8.18. The fourth-order valence-corrected chi connectivity index (χ4v) is 2.42. The highest BCUT2D eigenvalue weighted by atomic mass is 32.2. The number of aliphatic hydroxyl groups is 2. The molecule has 102 valence electrons. The van der Waals surface area contributed by atoms with Crippen LogP contribution in [0.3, 0.4) is 0 Å². The van der Waals surface area contributed by atoms with Crippen LogP contribution >= 0.6 is 0 Å². The molecule has 1 rings (SSSR count). The van der Waals surface area contributed by atoms with E-state index in [9.17, 15) is 17.9 Å². The van der Waals surface area contributed by atoms with Crippen molar-refractivity contribution in [2.45, 2.75) is 17.4 Å². The molecule has 0 spiro atoms. The highest BCUT2D eigenvalue weighted by molar-refractivity contribution is 7.89. The number of aliphatic hydroxyl groups excluding tert-OH is 1. The molecule has 0 fully saturated rings.